The van der Waals surface area contributed by atoms with Gasteiger partial charge >= 0.3 is 5.97 Å². The highest BCUT2D eigenvalue weighted by Crippen LogP contribution is 2.42. The lowest BCUT2D eigenvalue weighted by Crippen LogP contribution is -2.41. The number of ether oxygens (including phenoxy) is 1. The quantitative estimate of drug-likeness (QED) is 0.685. The summed E-state index contributed by atoms with van der Waals surface area (Å²) in [5.74, 6) is -0.161. The van der Waals surface area contributed by atoms with Crippen molar-refractivity contribution in [2.75, 3.05) is 20.2 Å². The molecular formula is C12H23NO2. The van der Waals surface area contributed by atoms with Crippen LogP contribution in [0.2, 0.25) is 0 Å². The van der Waals surface area contributed by atoms with E-state index in [0.29, 0.717) is 5.41 Å². The number of carbonyl (C=O) groups is 1. The first-order valence-electron chi connectivity index (χ1n) is 5.92. The summed E-state index contributed by atoms with van der Waals surface area (Å²) in [6.07, 6.45) is 5.28. The molecule has 0 amide bonds. The monoisotopic (exact) mass is 213 g/mol. The summed E-state index contributed by atoms with van der Waals surface area (Å²) in [4.78, 5) is 11.2. The van der Waals surface area contributed by atoms with Crippen LogP contribution in [-0.4, -0.2) is 26.2 Å². The lowest BCUT2D eigenvalue weighted by atomic mass is 9.67. The molecule has 1 fully saturated rings. The van der Waals surface area contributed by atoms with E-state index in [-0.39, 0.29) is 11.9 Å². The lowest BCUT2D eigenvalue weighted by molar-refractivity contribution is -0.144. The molecule has 1 aliphatic rings. The van der Waals surface area contributed by atoms with Gasteiger partial charge in [0.25, 0.3) is 0 Å². The van der Waals surface area contributed by atoms with E-state index < -0.39 is 0 Å². The number of esters is 1. The smallest absolute Gasteiger partial charge is 0.309 e. The van der Waals surface area contributed by atoms with E-state index in [0.717, 1.165) is 13.1 Å². The SMILES string of the molecule is CCC1(CNCC(C)C(=O)OC)CCC1. The maximum atomic E-state index is 11.2. The predicted octanol–water partition coefficient (Wildman–Crippen LogP) is 1.97. The van der Waals surface area contributed by atoms with Gasteiger partial charge in [-0.15, -0.1) is 0 Å². The largest absolute Gasteiger partial charge is 0.469 e. The van der Waals surface area contributed by atoms with Crippen LogP contribution >= 0.6 is 0 Å². The Kier molecular flexibility index (Phi) is 4.58. The molecule has 0 saturated heterocycles. The van der Waals surface area contributed by atoms with E-state index in [1.807, 2.05) is 6.92 Å². The fourth-order valence-electron chi connectivity index (χ4n) is 2.17. The maximum Gasteiger partial charge on any atom is 0.309 e. The van der Waals surface area contributed by atoms with Crippen LogP contribution < -0.4 is 5.32 Å². The molecule has 1 saturated carbocycles. The molecule has 88 valence electrons. The topological polar surface area (TPSA) is 38.3 Å². The van der Waals surface area contributed by atoms with Crippen molar-refractivity contribution in [2.45, 2.75) is 39.5 Å². The average molecular weight is 213 g/mol. The third-order valence-corrected chi connectivity index (χ3v) is 3.72. The fourth-order valence-corrected chi connectivity index (χ4v) is 2.17. The Hall–Kier alpha value is -0.570. The van der Waals surface area contributed by atoms with Gasteiger partial charge in [-0.25, -0.2) is 0 Å². The van der Waals surface area contributed by atoms with Crippen molar-refractivity contribution in [3.8, 4) is 0 Å². The number of rotatable bonds is 6. The Labute approximate surface area is 92.6 Å². The molecule has 15 heavy (non-hydrogen) atoms. The van der Waals surface area contributed by atoms with Crippen molar-refractivity contribution < 1.29 is 9.53 Å². The summed E-state index contributed by atoms with van der Waals surface area (Å²) in [7, 11) is 1.44. The zero-order chi connectivity index (χ0) is 11.3. The fraction of sp³-hybridized carbons (Fsp3) is 0.917. The Morgan fingerprint density at radius 1 is 1.53 bits per heavy atom. The summed E-state index contributed by atoms with van der Waals surface area (Å²) in [5, 5.41) is 3.39. The van der Waals surface area contributed by atoms with Crippen LogP contribution in [0.4, 0.5) is 0 Å². The van der Waals surface area contributed by atoms with Gasteiger partial charge in [0.05, 0.1) is 13.0 Å². The summed E-state index contributed by atoms with van der Waals surface area (Å²) >= 11 is 0. The van der Waals surface area contributed by atoms with Gasteiger partial charge in [-0.1, -0.05) is 20.3 Å². The molecule has 1 unspecified atom stereocenters. The highest BCUT2D eigenvalue weighted by molar-refractivity contribution is 5.71. The molecule has 0 aromatic rings. The molecule has 0 aromatic carbocycles. The summed E-state index contributed by atoms with van der Waals surface area (Å²) < 4.78 is 4.68. The lowest BCUT2D eigenvalue weighted by Gasteiger charge is -2.41. The van der Waals surface area contributed by atoms with Gasteiger partial charge < -0.3 is 10.1 Å². The minimum Gasteiger partial charge on any atom is -0.469 e. The summed E-state index contributed by atoms with van der Waals surface area (Å²) in [6, 6.07) is 0. The van der Waals surface area contributed by atoms with Gasteiger partial charge in [0.2, 0.25) is 0 Å². The second-order valence-electron chi connectivity index (χ2n) is 4.76. The number of hydrogen-bond acceptors (Lipinski definition) is 3. The molecule has 1 aliphatic carbocycles. The van der Waals surface area contributed by atoms with Crippen molar-refractivity contribution in [3.63, 3.8) is 0 Å². The van der Waals surface area contributed by atoms with Crippen molar-refractivity contribution >= 4 is 5.97 Å². The van der Waals surface area contributed by atoms with Crippen molar-refractivity contribution in [3.05, 3.63) is 0 Å². The number of hydrogen-bond donors (Lipinski definition) is 1. The third-order valence-electron chi connectivity index (χ3n) is 3.72. The van der Waals surface area contributed by atoms with Gasteiger partial charge in [0, 0.05) is 13.1 Å². The van der Waals surface area contributed by atoms with Crippen LogP contribution in [0.3, 0.4) is 0 Å². The highest BCUT2D eigenvalue weighted by Gasteiger charge is 2.34. The molecule has 0 radical (unpaired) electrons. The Morgan fingerprint density at radius 2 is 2.20 bits per heavy atom. The first-order chi connectivity index (χ1) is 7.13. The van der Waals surface area contributed by atoms with Crippen LogP contribution in [0.15, 0.2) is 0 Å². The molecule has 3 heteroatoms. The Morgan fingerprint density at radius 3 is 2.60 bits per heavy atom. The average Bonchev–Trinajstić information content (AvgIpc) is 2.20. The predicted molar refractivity (Wildman–Crippen MR) is 60.6 cm³/mol. The molecule has 3 nitrogen and oxygen atoms in total. The first-order valence-corrected chi connectivity index (χ1v) is 5.92. The Balaban J connectivity index is 2.18. The zero-order valence-corrected chi connectivity index (χ0v) is 10.1. The van der Waals surface area contributed by atoms with Crippen LogP contribution in [0.1, 0.15) is 39.5 Å². The molecule has 1 N–H and O–H groups in total. The molecule has 1 rings (SSSR count). The van der Waals surface area contributed by atoms with Gasteiger partial charge in [-0.2, -0.15) is 0 Å². The van der Waals surface area contributed by atoms with Gasteiger partial charge in [0.15, 0.2) is 0 Å². The van der Waals surface area contributed by atoms with Crippen LogP contribution in [-0.2, 0) is 9.53 Å². The summed E-state index contributed by atoms with van der Waals surface area (Å²) in [6.45, 7) is 5.93. The molecule has 0 bridgehead atoms. The number of carbonyl (C=O) groups excluding carboxylic acids is 1. The van der Waals surface area contributed by atoms with Crippen molar-refractivity contribution in [1.82, 2.24) is 5.32 Å². The second kappa shape index (κ2) is 5.50. The maximum absolute atomic E-state index is 11.2. The minimum atomic E-state index is -0.123. The van der Waals surface area contributed by atoms with E-state index in [2.05, 4.69) is 17.0 Å². The van der Waals surface area contributed by atoms with E-state index >= 15 is 0 Å². The standard InChI is InChI=1S/C12H23NO2/c1-4-12(6-5-7-12)9-13-8-10(2)11(14)15-3/h10,13H,4-9H2,1-3H3. The second-order valence-corrected chi connectivity index (χ2v) is 4.76. The molecule has 0 spiro atoms. The highest BCUT2D eigenvalue weighted by atomic mass is 16.5. The number of nitrogens with one attached hydrogen (secondary N) is 1. The molecule has 0 aromatic heterocycles. The molecule has 0 heterocycles. The van der Waals surface area contributed by atoms with Crippen molar-refractivity contribution in [1.29, 1.82) is 0 Å². The van der Waals surface area contributed by atoms with Gasteiger partial charge in [-0.05, 0) is 24.7 Å². The van der Waals surface area contributed by atoms with Crippen LogP contribution in [0, 0.1) is 11.3 Å². The zero-order valence-electron chi connectivity index (χ0n) is 10.1. The molecular weight excluding hydrogens is 190 g/mol. The van der Waals surface area contributed by atoms with Crippen molar-refractivity contribution in [2.24, 2.45) is 11.3 Å². The van der Waals surface area contributed by atoms with E-state index in [4.69, 9.17) is 0 Å². The normalized spacial score (nSPS) is 20.5. The van der Waals surface area contributed by atoms with E-state index in [9.17, 15) is 4.79 Å². The molecule has 0 aliphatic heterocycles. The van der Waals surface area contributed by atoms with Gasteiger partial charge in [0.1, 0.15) is 0 Å². The minimum absolute atomic E-state index is 0.0380. The number of methoxy groups -OCH3 is 1. The Bertz CT molecular complexity index is 206. The van der Waals surface area contributed by atoms with E-state index in [1.165, 1.54) is 32.8 Å². The van der Waals surface area contributed by atoms with Crippen LogP contribution in [0.25, 0.3) is 0 Å². The van der Waals surface area contributed by atoms with Crippen LogP contribution in [0.5, 0.6) is 0 Å². The molecule has 1 atom stereocenters. The van der Waals surface area contributed by atoms with E-state index in [1.54, 1.807) is 0 Å². The first kappa shape index (κ1) is 12.5. The van der Waals surface area contributed by atoms with Gasteiger partial charge in [-0.3, -0.25) is 4.79 Å². The summed E-state index contributed by atoms with van der Waals surface area (Å²) in [5.41, 5.74) is 0.524. The third kappa shape index (κ3) is 3.20.